The minimum atomic E-state index is -0.441. The second-order valence-electron chi connectivity index (χ2n) is 4.87. The lowest BCUT2D eigenvalue weighted by molar-refractivity contribution is -0.119. The Morgan fingerprint density at radius 2 is 2.00 bits per heavy atom. The fourth-order valence-corrected chi connectivity index (χ4v) is 2.79. The van der Waals surface area contributed by atoms with E-state index >= 15 is 0 Å². The minimum Gasteiger partial charge on any atom is -0.353 e. The zero-order valence-corrected chi connectivity index (χ0v) is 12.7. The van der Waals surface area contributed by atoms with Crippen molar-refractivity contribution < 1.29 is 14.0 Å². The van der Waals surface area contributed by atoms with E-state index in [0.717, 1.165) is 12.8 Å². The van der Waals surface area contributed by atoms with E-state index in [9.17, 15) is 14.0 Å². The molecular formula is C14H16BrFN2O2. The van der Waals surface area contributed by atoms with Gasteiger partial charge in [-0.3, -0.25) is 9.59 Å². The second kappa shape index (κ2) is 6.35. The zero-order chi connectivity index (χ0) is 14.7. The van der Waals surface area contributed by atoms with Crippen molar-refractivity contribution >= 4 is 27.7 Å². The molecule has 2 rings (SSSR count). The number of piperidine rings is 1. The molecule has 108 valence electrons. The van der Waals surface area contributed by atoms with Crippen molar-refractivity contribution in [3.05, 3.63) is 34.1 Å². The maximum atomic E-state index is 13.4. The predicted molar refractivity (Wildman–Crippen MR) is 76.8 cm³/mol. The molecule has 0 atom stereocenters. The van der Waals surface area contributed by atoms with Gasteiger partial charge in [-0.2, -0.15) is 0 Å². The molecule has 1 N–H and O–H groups in total. The standard InChI is InChI=1S/C14H16BrFN2O2/c1-9(19)17-10-5-7-18(8-6-10)14(20)11-3-2-4-12(16)13(11)15/h2-4,10H,5-8H2,1H3,(H,17,19). The van der Waals surface area contributed by atoms with E-state index in [0.29, 0.717) is 18.7 Å². The molecule has 1 aliphatic heterocycles. The average Bonchev–Trinajstić information content (AvgIpc) is 2.41. The maximum absolute atomic E-state index is 13.4. The molecule has 1 aromatic carbocycles. The summed E-state index contributed by atoms with van der Waals surface area (Å²) in [6.07, 6.45) is 1.44. The Morgan fingerprint density at radius 1 is 1.35 bits per heavy atom. The number of likely N-dealkylation sites (tertiary alicyclic amines) is 1. The van der Waals surface area contributed by atoms with Crippen LogP contribution in [0.3, 0.4) is 0 Å². The van der Waals surface area contributed by atoms with Crippen LogP contribution in [0.5, 0.6) is 0 Å². The topological polar surface area (TPSA) is 49.4 Å². The summed E-state index contributed by atoms with van der Waals surface area (Å²) in [6, 6.07) is 4.56. The molecule has 1 aliphatic rings. The van der Waals surface area contributed by atoms with E-state index in [4.69, 9.17) is 0 Å². The molecule has 0 aliphatic carbocycles. The molecule has 0 aromatic heterocycles. The van der Waals surface area contributed by atoms with Gasteiger partial charge in [0.2, 0.25) is 5.91 Å². The first-order chi connectivity index (χ1) is 9.49. The Bertz CT molecular complexity index is 528. The maximum Gasteiger partial charge on any atom is 0.255 e. The summed E-state index contributed by atoms with van der Waals surface area (Å²) in [6.45, 7) is 2.61. The monoisotopic (exact) mass is 342 g/mol. The number of carbonyl (C=O) groups is 2. The summed E-state index contributed by atoms with van der Waals surface area (Å²) < 4.78 is 13.6. The predicted octanol–water partition coefficient (Wildman–Crippen LogP) is 2.33. The molecule has 2 amide bonds. The number of carbonyl (C=O) groups excluding carboxylic acids is 2. The number of nitrogens with one attached hydrogen (secondary N) is 1. The van der Waals surface area contributed by atoms with Crippen LogP contribution in [-0.2, 0) is 4.79 Å². The van der Waals surface area contributed by atoms with Crippen molar-refractivity contribution in [1.29, 1.82) is 0 Å². The summed E-state index contributed by atoms with van der Waals surface area (Å²) >= 11 is 3.11. The van der Waals surface area contributed by atoms with Crippen LogP contribution in [0, 0.1) is 5.82 Å². The van der Waals surface area contributed by atoms with Gasteiger partial charge in [-0.25, -0.2) is 4.39 Å². The molecule has 1 saturated heterocycles. The second-order valence-corrected chi connectivity index (χ2v) is 5.66. The molecule has 0 unspecified atom stereocenters. The fourth-order valence-electron chi connectivity index (χ4n) is 2.35. The zero-order valence-electron chi connectivity index (χ0n) is 11.2. The van der Waals surface area contributed by atoms with E-state index < -0.39 is 5.82 Å². The third-order valence-corrected chi connectivity index (χ3v) is 4.18. The van der Waals surface area contributed by atoms with Gasteiger partial charge in [0.05, 0.1) is 10.0 Å². The Hall–Kier alpha value is -1.43. The number of nitrogens with zero attached hydrogens (tertiary/aromatic N) is 1. The average molecular weight is 343 g/mol. The number of amides is 2. The van der Waals surface area contributed by atoms with Gasteiger partial charge in [-0.15, -0.1) is 0 Å². The van der Waals surface area contributed by atoms with Crippen molar-refractivity contribution in [2.75, 3.05) is 13.1 Å². The summed E-state index contributed by atoms with van der Waals surface area (Å²) in [4.78, 5) is 25.0. The lowest BCUT2D eigenvalue weighted by Crippen LogP contribution is -2.46. The van der Waals surface area contributed by atoms with Crippen LogP contribution in [-0.4, -0.2) is 35.8 Å². The molecule has 0 saturated carbocycles. The van der Waals surface area contributed by atoms with E-state index in [2.05, 4.69) is 21.2 Å². The molecular weight excluding hydrogens is 327 g/mol. The highest BCUT2D eigenvalue weighted by Gasteiger charge is 2.25. The van der Waals surface area contributed by atoms with Gasteiger partial charge in [-0.05, 0) is 40.9 Å². The highest BCUT2D eigenvalue weighted by Crippen LogP contribution is 2.23. The van der Waals surface area contributed by atoms with Crippen molar-refractivity contribution in [1.82, 2.24) is 10.2 Å². The molecule has 1 aromatic rings. The van der Waals surface area contributed by atoms with Gasteiger partial charge in [0.15, 0.2) is 0 Å². The Kier molecular flexibility index (Phi) is 4.75. The van der Waals surface area contributed by atoms with Crippen molar-refractivity contribution in [3.63, 3.8) is 0 Å². The summed E-state index contributed by atoms with van der Waals surface area (Å²) in [7, 11) is 0. The highest BCUT2D eigenvalue weighted by atomic mass is 79.9. The van der Waals surface area contributed by atoms with E-state index in [1.165, 1.54) is 19.1 Å². The Morgan fingerprint density at radius 3 is 2.60 bits per heavy atom. The van der Waals surface area contributed by atoms with Gasteiger partial charge in [0, 0.05) is 26.1 Å². The smallest absolute Gasteiger partial charge is 0.255 e. The van der Waals surface area contributed by atoms with Crippen molar-refractivity contribution in [3.8, 4) is 0 Å². The van der Waals surface area contributed by atoms with Crippen molar-refractivity contribution in [2.45, 2.75) is 25.8 Å². The fraction of sp³-hybridized carbons (Fsp3) is 0.429. The summed E-state index contributed by atoms with van der Waals surface area (Å²) in [5.41, 5.74) is 0.336. The molecule has 0 bridgehead atoms. The first kappa shape index (κ1) is 15.0. The number of rotatable bonds is 2. The lowest BCUT2D eigenvalue weighted by Gasteiger charge is -2.32. The molecule has 1 heterocycles. The molecule has 6 heteroatoms. The van der Waals surface area contributed by atoms with Crippen LogP contribution < -0.4 is 5.32 Å². The largest absolute Gasteiger partial charge is 0.353 e. The number of hydrogen-bond donors (Lipinski definition) is 1. The number of benzene rings is 1. The number of halogens is 2. The van der Waals surface area contributed by atoms with Gasteiger partial charge in [0.25, 0.3) is 5.91 Å². The normalized spacial score (nSPS) is 16.1. The lowest BCUT2D eigenvalue weighted by atomic mass is 10.0. The summed E-state index contributed by atoms with van der Waals surface area (Å²) in [5.74, 6) is -0.677. The SMILES string of the molecule is CC(=O)NC1CCN(C(=O)c2cccc(F)c2Br)CC1. The highest BCUT2D eigenvalue weighted by molar-refractivity contribution is 9.10. The third kappa shape index (κ3) is 3.36. The van der Waals surface area contributed by atoms with Crippen LogP contribution in [0.15, 0.2) is 22.7 Å². The first-order valence-electron chi connectivity index (χ1n) is 6.49. The van der Waals surface area contributed by atoms with Gasteiger partial charge in [0.1, 0.15) is 5.82 Å². The molecule has 20 heavy (non-hydrogen) atoms. The van der Waals surface area contributed by atoms with Gasteiger partial charge >= 0.3 is 0 Å². The molecule has 0 spiro atoms. The van der Waals surface area contributed by atoms with Crippen molar-refractivity contribution in [2.24, 2.45) is 0 Å². The van der Waals surface area contributed by atoms with Crippen LogP contribution in [0.1, 0.15) is 30.1 Å². The van der Waals surface area contributed by atoms with Crippen LogP contribution in [0.4, 0.5) is 4.39 Å². The Labute approximate surface area is 125 Å². The van der Waals surface area contributed by atoms with Gasteiger partial charge in [-0.1, -0.05) is 6.07 Å². The third-order valence-electron chi connectivity index (χ3n) is 3.37. The van der Waals surface area contributed by atoms with E-state index in [1.807, 2.05) is 0 Å². The van der Waals surface area contributed by atoms with Crippen LogP contribution in [0.25, 0.3) is 0 Å². The van der Waals surface area contributed by atoms with Crippen LogP contribution >= 0.6 is 15.9 Å². The first-order valence-corrected chi connectivity index (χ1v) is 7.28. The minimum absolute atomic E-state index is 0.0531. The molecule has 1 fully saturated rings. The van der Waals surface area contributed by atoms with E-state index in [-0.39, 0.29) is 22.3 Å². The Balaban J connectivity index is 2.02. The quantitative estimate of drug-likeness (QED) is 0.896. The summed E-state index contributed by atoms with van der Waals surface area (Å²) in [5, 5.41) is 2.86. The number of hydrogen-bond acceptors (Lipinski definition) is 2. The van der Waals surface area contributed by atoms with Crippen LogP contribution in [0.2, 0.25) is 0 Å². The van der Waals surface area contributed by atoms with E-state index in [1.54, 1.807) is 11.0 Å². The van der Waals surface area contributed by atoms with Gasteiger partial charge < -0.3 is 10.2 Å². The molecule has 4 nitrogen and oxygen atoms in total. The molecule has 0 radical (unpaired) electrons.